The van der Waals surface area contributed by atoms with Crippen LogP contribution in [0.3, 0.4) is 0 Å². The quantitative estimate of drug-likeness (QED) is 0.0495. The average molecular weight is 591 g/mol. The van der Waals surface area contributed by atoms with Crippen LogP contribution in [0.1, 0.15) is 97.3 Å². The Morgan fingerprint density at radius 1 is 0.775 bits per heavy atom. The highest BCUT2D eigenvalue weighted by molar-refractivity contribution is 7.47. The second-order valence-electron chi connectivity index (χ2n) is 9.40. The van der Waals surface area contributed by atoms with Crippen LogP contribution in [0.5, 0.6) is 0 Å². The minimum atomic E-state index is -4.60. The Labute approximate surface area is 240 Å². The summed E-state index contributed by atoms with van der Waals surface area (Å²) in [5.41, 5.74) is 0. The molecule has 0 radical (unpaired) electrons. The lowest BCUT2D eigenvalue weighted by Crippen LogP contribution is -2.29. The second kappa shape index (κ2) is 26.1. The number of phosphoric ester groups is 1. The Hall–Kier alpha value is -1.81. The van der Waals surface area contributed by atoms with E-state index in [2.05, 4.69) is 54.8 Å². The van der Waals surface area contributed by atoms with Crippen LogP contribution in [0.15, 0.2) is 36.5 Å². The lowest BCUT2D eigenvalue weighted by atomic mass is 10.1. The predicted octanol–water partition coefficient (Wildman–Crippen LogP) is 5.71. The third kappa shape index (κ3) is 25.2. The van der Waals surface area contributed by atoms with Gasteiger partial charge in [-0.3, -0.25) is 18.6 Å². The number of hydrogen-bond acceptors (Lipinski definition) is 9. The van der Waals surface area contributed by atoms with Crippen LogP contribution in [-0.4, -0.2) is 65.7 Å². The summed E-state index contributed by atoms with van der Waals surface area (Å²) >= 11 is 0. The zero-order valence-corrected chi connectivity index (χ0v) is 25.2. The van der Waals surface area contributed by atoms with Crippen molar-refractivity contribution >= 4 is 19.8 Å². The third-order valence-electron chi connectivity index (χ3n) is 5.56. The maximum atomic E-state index is 12.4. The number of aliphatic hydroxyl groups excluding tert-OH is 2. The molecule has 11 heteroatoms. The molecule has 0 aliphatic rings. The molecule has 0 saturated carbocycles. The Morgan fingerprint density at radius 3 is 2.02 bits per heavy atom. The van der Waals surface area contributed by atoms with E-state index in [4.69, 9.17) is 19.1 Å². The van der Waals surface area contributed by atoms with Crippen LogP contribution in [0.4, 0.5) is 0 Å². The van der Waals surface area contributed by atoms with Crippen LogP contribution in [0.2, 0.25) is 0 Å². The highest BCUT2D eigenvalue weighted by Gasteiger charge is 2.27. The highest BCUT2D eigenvalue weighted by Crippen LogP contribution is 2.43. The SMILES string of the molecule is CC/C=C\C/C=C\C/C=C\CCCCCC(=O)OC(COC(=O)CCCCCC)COP(=O)(O)OCC(O)CO. The lowest BCUT2D eigenvalue weighted by Gasteiger charge is -2.20. The fourth-order valence-electron chi connectivity index (χ4n) is 3.30. The third-order valence-corrected chi connectivity index (χ3v) is 6.51. The molecule has 0 aromatic carbocycles. The number of phosphoric acid groups is 1. The van der Waals surface area contributed by atoms with Crippen molar-refractivity contribution in [3.8, 4) is 0 Å². The van der Waals surface area contributed by atoms with E-state index < -0.39 is 51.8 Å². The molecule has 0 fully saturated rings. The number of allylic oxidation sites excluding steroid dienone is 6. The summed E-state index contributed by atoms with van der Waals surface area (Å²) in [6, 6.07) is 0. The van der Waals surface area contributed by atoms with Crippen molar-refractivity contribution in [1.29, 1.82) is 0 Å². The first-order valence-corrected chi connectivity index (χ1v) is 15.9. The van der Waals surface area contributed by atoms with Gasteiger partial charge < -0.3 is 24.6 Å². The van der Waals surface area contributed by atoms with E-state index in [1.807, 2.05) is 0 Å². The molecule has 0 spiro atoms. The van der Waals surface area contributed by atoms with E-state index in [0.717, 1.165) is 57.8 Å². The number of carbonyl (C=O) groups is 2. The number of esters is 2. The molecular weight excluding hydrogens is 539 g/mol. The van der Waals surface area contributed by atoms with Crippen molar-refractivity contribution in [3.63, 3.8) is 0 Å². The van der Waals surface area contributed by atoms with Crippen LogP contribution in [0, 0.1) is 0 Å². The highest BCUT2D eigenvalue weighted by atomic mass is 31.2. The van der Waals surface area contributed by atoms with E-state index in [1.165, 1.54) is 0 Å². The van der Waals surface area contributed by atoms with Gasteiger partial charge in [-0.05, 0) is 44.9 Å². The molecule has 3 N–H and O–H groups in total. The standard InChI is InChI=1S/C29H51O10P/c1-3-5-7-9-10-11-12-13-14-15-16-17-19-21-29(33)39-27(24-36-28(32)20-18-8-6-4-2)25-38-40(34,35)37-23-26(31)22-30/h5,7,10-11,13-14,26-27,30-31H,3-4,6,8-9,12,15-25H2,1-2H3,(H,34,35)/b7-5-,11-10-,14-13-. The van der Waals surface area contributed by atoms with E-state index in [-0.39, 0.29) is 19.4 Å². The van der Waals surface area contributed by atoms with Crippen LogP contribution in [-0.2, 0) is 32.7 Å². The van der Waals surface area contributed by atoms with Crippen LogP contribution >= 0.6 is 7.82 Å². The first kappa shape index (κ1) is 38.2. The van der Waals surface area contributed by atoms with E-state index in [1.54, 1.807) is 0 Å². The lowest BCUT2D eigenvalue weighted by molar-refractivity contribution is -0.161. The fraction of sp³-hybridized carbons (Fsp3) is 0.724. The largest absolute Gasteiger partial charge is 0.472 e. The van der Waals surface area contributed by atoms with Crippen molar-refractivity contribution in [2.24, 2.45) is 0 Å². The monoisotopic (exact) mass is 590 g/mol. The molecule has 40 heavy (non-hydrogen) atoms. The van der Waals surface area contributed by atoms with Gasteiger partial charge in [0.1, 0.15) is 12.7 Å². The first-order chi connectivity index (χ1) is 19.2. The zero-order chi connectivity index (χ0) is 29.9. The molecule has 0 heterocycles. The summed E-state index contributed by atoms with van der Waals surface area (Å²) < 4.78 is 32.1. The average Bonchev–Trinajstić information content (AvgIpc) is 2.93. The number of carbonyl (C=O) groups excluding carboxylic acids is 2. The second-order valence-corrected chi connectivity index (χ2v) is 10.8. The van der Waals surface area contributed by atoms with Gasteiger partial charge in [0.05, 0.1) is 19.8 Å². The topological polar surface area (TPSA) is 149 Å². The van der Waals surface area contributed by atoms with Gasteiger partial charge >= 0.3 is 19.8 Å². The predicted molar refractivity (Wildman–Crippen MR) is 154 cm³/mol. The molecule has 0 aromatic heterocycles. The molecule has 0 bridgehead atoms. The smallest absolute Gasteiger partial charge is 0.462 e. The molecule has 0 aromatic rings. The van der Waals surface area contributed by atoms with Gasteiger partial charge in [-0.1, -0.05) is 76.0 Å². The number of unbranched alkanes of at least 4 members (excludes halogenated alkanes) is 6. The molecule has 0 saturated heterocycles. The Kier molecular flexibility index (Phi) is 24.9. The minimum absolute atomic E-state index is 0.148. The van der Waals surface area contributed by atoms with Crippen LogP contribution < -0.4 is 0 Å². The fourth-order valence-corrected chi connectivity index (χ4v) is 4.09. The molecule has 0 aliphatic carbocycles. The normalized spacial score (nSPS) is 15.0. The number of aliphatic hydroxyl groups is 2. The van der Waals surface area contributed by atoms with Gasteiger partial charge in [-0.25, -0.2) is 4.57 Å². The molecule has 0 rings (SSSR count). The van der Waals surface area contributed by atoms with Gasteiger partial charge in [0.25, 0.3) is 0 Å². The molecule has 0 aliphatic heterocycles. The van der Waals surface area contributed by atoms with Gasteiger partial charge in [0.2, 0.25) is 0 Å². The molecular formula is C29H51O10P. The molecule has 232 valence electrons. The Morgan fingerprint density at radius 2 is 1.38 bits per heavy atom. The zero-order valence-electron chi connectivity index (χ0n) is 24.3. The number of rotatable bonds is 26. The summed E-state index contributed by atoms with van der Waals surface area (Å²) in [5, 5.41) is 18.1. The van der Waals surface area contributed by atoms with Crippen LogP contribution in [0.25, 0.3) is 0 Å². The van der Waals surface area contributed by atoms with E-state index in [9.17, 15) is 24.2 Å². The summed E-state index contributed by atoms with van der Waals surface area (Å²) in [6.45, 7) is 2.02. The Bertz CT molecular complexity index is 781. The summed E-state index contributed by atoms with van der Waals surface area (Å²) in [6.07, 6.45) is 20.6. The van der Waals surface area contributed by atoms with Gasteiger partial charge in [0, 0.05) is 12.8 Å². The van der Waals surface area contributed by atoms with Crippen molar-refractivity contribution in [2.45, 2.75) is 110 Å². The molecule has 3 unspecified atom stereocenters. The summed E-state index contributed by atoms with van der Waals surface area (Å²) in [5.74, 6) is -0.988. The van der Waals surface area contributed by atoms with Crippen molar-refractivity contribution < 1.29 is 47.8 Å². The van der Waals surface area contributed by atoms with Gasteiger partial charge in [-0.15, -0.1) is 0 Å². The van der Waals surface area contributed by atoms with E-state index in [0.29, 0.717) is 12.8 Å². The maximum absolute atomic E-state index is 12.4. The minimum Gasteiger partial charge on any atom is -0.462 e. The molecule has 10 nitrogen and oxygen atoms in total. The number of ether oxygens (including phenoxy) is 2. The maximum Gasteiger partial charge on any atom is 0.472 e. The summed E-state index contributed by atoms with van der Waals surface area (Å²) in [7, 11) is -4.60. The van der Waals surface area contributed by atoms with Crippen molar-refractivity contribution in [2.75, 3.05) is 26.4 Å². The van der Waals surface area contributed by atoms with Crippen molar-refractivity contribution in [1.82, 2.24) is 0 Å². The number of hydrogen-bond donors (Lipinski definition) is 3. The van der Waals surface area contributed by atoms with Crippen molar-refractivity contribution in [3.05, 3.63) is 36.5 Å². The summed E-state index contributed by atoms with van der Waals surface area (Å²) in [4.78, 5) is 34.2. The van der Waals surface area contributed by atoms with Gasteiger partial charge in [-0.2, -0.15) is 0 Å². The Balaban J connectivity index is 4.49. The van der Waals surface area contributed by atoms with Gasteiger partial charge in [0.15, 0.2) is 6.10 Å². The molecule has 0 amide bonds. The molecule has 3 atom stereocenters. The van der Waals surface area contributed by atoms with E-state index >= 15 is 0 Å². The first-order valence-electron chi connectivity index (χ1n) is 14.4.